The molecule has 0 atom stereocenters. The predicted molar refractivity (Wildman–Crippen MR) is 71.6 cm³/mol. The van der Waals surface area contributed by atoms with E-state index >= 15 is 0 Å². The number of primary amides is 1. The van der Waals surface area contributed by atoms with E-state index in [0.717, 1.165) is 0 Å². The Morgan fingerprint density at radius 3 is 2.24 bits per heavy atom. The number of nitrogens with zero attached hydrogens (tertiary/aromatic N) is 1. The number of hydrogen-bond donors (Lipinski definition) is 2. The van der Waals surface area contributed by atoms with Crippen LogP contribution >= 0.6 is 0 Å². The lowest BCUT2D eigenvalue weighted by atomic mass is 10.1. The van der Waals surface area contributed by atoms with E-state index in [1.165, 1.54) is 24.3 Å². The monoisotopic (exact) mass is 297 g/mol. The third-order valence-electron chi connectivity index (χ3n) is 3.00. The number of aromatic nitrogens is 2. The number of imidazole rings is 1. The quantitative estimate of drug-likeness (QED) is 0.912. The van der Waals surface area contributed by atoms with Crippen LogP contribution in [0, 0.1) is 0 Å². The number of amides is 1. The summed E-state index contributed by atoms with van der Waals surface area (Å²) in [6.45, 7) is 3.50. The van der Waals surface area contributed by atoms with Crippen LogP contribution in [-0.2, 0) is 6.18 Å². The van der Waals surface area contributed by atoms with Crippen LogP contribution in [-0.4, -0.2) is 15.9 Å². The third-order valence-corrected chi connectivity index (χ3v) is 3.00. The topological polar surface area (TPSA) is 71.8 Å². The molecule has 1 heterocycles. The summed E-state index contributed by atoms with van der Waals surface area (Å²) in [4.78, 5) is 17.3. The second kappa shape index (κ2) is 5.23. The van der Waals surface area contributed by atoms with Gasteiger partial charge in [0.2, 0.25) is 5.91 Å². The highest BCUT2D eigenvalue weighted by atomic mass is 19.4. The van der Waals surface area contributed by atoms with Crippen LogP contribution in [0.15, 0.2) is 24.3 Å². The van der Waals surface area contributed by atoms with Gasteiger partial charge in [0.25, 0.3) is 0 Å². The van der Waals surface area contributed by atoms with E-state index in [-0.39, 0.29) is 28.6 Å². The number of benzene rings is 1. The number of H-pyrrole nitrogens is 1. The van der Waals surface area contributed by atoms with Crippen molar-refractivity contribution in [2.75, 3.05) is 0 Å². The largest absolute Gasteiger partial charge is 0.433 e. The van der Waals surface area contributed by atoms with Crippen LogP contribution < -0.4 is 5.73 Å². The van der Waals surface area contributed by atoms with Gasteiger partial charge in [-0.05, 0) is 12.1 Å². The van der Waals surface area contributed by atoms with E-state index in [0.29, 0.717) is 0 Å². The Kier molecular flexibility index (Phi) is 3.76. The van der Waals surface area contributed by atoms with Gasteiger partial charge in [0, 0.05) is 17.0 Å². The maximum atomic E-state index is 13.1. The molecule has 0 aliphatic carbocycles. The number of alkyl halides is 3. The fourth-order valence-electron chi connectivity index (χ4n) is 1.87. The highest BCUT2D eigenvalue weighted by molar-refractivity contribution is 5.93. The van der Waals surface area contributed by atoms with E-state index in [4.69, 9.17) is 5.73 Å². The number of hydrogen-bond acceptors (Lipinski definition) is 2. The van der Waals surface area contributed by atoms with Gasteiger partial charge in [-0.1, -0.05) is 26.0 Å². The van der Waals surface area contributed by atoms with Crippen molar-refractivity contribution in [1.82, 2.24) is 9.97 Å². The molecule has 0 saturated carbocycles. The zero-order chi connectivity index (χ0) is 15.8. The minimum absolute atomic E-state index is 0.162. The van der Waals surface area contributed by atoms with Gasteiger partial charge in [-0.15, -0.1) is 0 Å². The highest BCUT2D eigenvalue weighted by Crippen LogP contribution is 2.36. The molecule has 0 saturated heterocycles. The molecule has 1 amide bonds. The zero-order valence-electron chi connectivity index (χ0n) is 11.5. The van der Waals surface area contributed by atoms with E-state index in [1.807, 2.05) is 0 Å². The van der Waals surface area contributed by atoms with Crippen LogP contribution in [0.3, 0.4) is 0 Å². The Morgan fingerprint density at radius 2 is 1.81 bits per heavy atom. The molecule has 2 aromatic rings. The second-order valence-corrected chi connectivity index (χ2v) is 4.94. The van der Waals surface area contributed by atoms with Crippen molar-refractivity contribution in [2.24, 2.45) is 5.73 Å². The SMILES string of the molecule is CC(C)c1nc(-c2ccc(C(N)=O)cc2)c(C(F)(F)F)[nH]1. The van der Waals surface area contributed by atoms with Crippen molar-refractivity contribution in [3.05, 3.63) is 41.3 Å². The molecule has 1 aromatic carbocycles. The number of aromatic amines is 1. The van der Waals surface area contributed by atoms with Gasteiger partial charge in [-0.3, -0.25) is 4.79 Å². The van der Waals surface area contributed by atoms with Gasteiger partial charge >= 0.3 is 6.18 Å². The van der Waals surface area contributed by atoms with Gasteiger partial charge in [-0.25, -0.2) is 4.98 Å². The van der Waals surface area contributed by atoms with E-state index < -0.39 is 17.8 Å². The summed E-state index contributed by atoms with van der Waals surface area (Å²) in [7, 11) is 0. The average Bonchev–Trinajstić information content (AvgIpc) is 2.84. The van der Waals surface area contributed by atoms with Crippen molar-refractivity contribution in [2.45, 2.75) is 25.9 Å². The van der Waals surface area contributed by atoms with Crippen LogP contribution in [0.5, 0.6) is 0 Å². The Balaban J connectivity index is 2.54. The molecule has 0 fully saturated rings. The summed E-state index contributed by atoms with van der Waals surface area (Å²) in [6, 6.07) is 5.55. The molecule has 7 heteroatoms. The first-order valence-electron chi connectivity index (χ1n) is 6.27. The number of nitrogens with one attached hydrogen (secondary N) is 1. The van der Waals surface area contributed by atoms with Gasteiger partial charge in [0.1, 0.15) is 17.2 Å². The van der Waals surface area contributed by atoms with E-state index in [9.17, 15) is 18.0 Å². The van der Waals surface area contributed by atoms with Crippen LogP contribution in [0.25, 0.3) is 11.3 Å². The standard InChI is InChI=1S/C14H14F3N3O/c1-7(2)13-19-10(11(20-13)14(15,16)17)8-3-5-9(6-4-8)12(18)21/h3-7H,1-2H3,(H2,18,21)(H,19,20). The number of halogens is 3. The first-order chi connectivity index (χ1) is 9.70. The number of carbonyl (C=O) groups is 1. The Hall–Kier alpha value is -2.31. The Labute approximate surface area is 119 Å². The van der Waals surface area contributed by atoms with Crippen LogP contribution in [0.1, 0.15) is 41.6 Å². The first-order valence-corrected chi connectivity index (χ1v) is 6.27. The van der Waals surface area contributed by atoms with Gasteiger partial charge < -0.3 is 10.7 Å². The van der Waals surface area contributed by atoms with Crippen molar-refractivity contribution < 1.29 is 18.0 Å². The number of nitrogens with two attached hydrogens (primary N) is 1. The molecule has 2 rings (SSSR count). The smallest absolute Gasteiger partial charge is 0.366 e. The maximum Gasteiger partial charge on any atom is 0.433 e. The highest BCUT2D eigenvalue weighted by Gasteiger charge is 2.37. The molecular formula is C14H14F3N3O. The van der Waals surface area contributed by atoms with Crippen LogP contribution in [0.4, 0.5) is 13.2 Å². The molecule has 4 nitrogen and oxygen atoms in total. The molecule has 0 bridgehead atoms. The molecule has 0 spiro atoms. The molecule has 0 radical (unpaired) electrons. The lowest BCUT2D eigenvalue weighted by Crippen LogP contribution is -2.10. The Morgan fingerprint density at radius 1 is 1.24 bits per heavy atom. The molecule has 0 unspecified atom stereocenters. The molecule has 3 N–H and O–H groups in total. The van der Waals surface area contributed by atoms with Crippen molar-refractivity contribution in [3.63, 3.8) is 0 Å². The normalized spacial score (nSPS) is 11.9. The zero-order valence-corrected chi connectivity index (χ0v) is 11.5. The molecule has 21 heavy (non-hydrogen) atoms. The minimum Gasteiger partial charge on any atom is -0.366 e. The second-order valence-electron chi connectivity index (χ2n) is 4.94. The summed E-state index contributed by atoms with van der Waals surface area (Å²) < 4.78 is 39.2. The maximum absolute atomic E-state index is 13.1. The van der Waals surface area contributed by atoms with Gasteiger partial charge in [0.05, 0.1) is 0 Å². The van der Waals surface area contributed by atoms with Gasteiger partial charge in [-0.2, -0.15) is 13.2 Å². The van der Waals surface area contributed by atoms with E-state index in [1.54, 1.807) is 13.8 Å². The summed E-state index contributed by atoms with van der Waals surface area (Å²) in [5.41, 5.74) is 4.54. The fraction of sp³-hybridized carbons (Fsp3) is 0.286. The molecule has 112 valence electrons. The summed E-state index contributed by atoms with van der Waals surface area (Å²) in [6.07, 6.45) is -4.53. The molecule has 0 aliphatic rings. The minimum atomic E-state index is -4.53. The molecule has 0 aliphatic heterocycles. The van der Waals surface area contributed by atoms with E-state index in [2.05, 4.69) is 9.97 Å². The Bertz CT molecular complexity index is 657. The third kappa shape index (κ3) is 3.07. The lowest BCUT2D eigenvalue weighted by Gasteiger charge is -2.07. The van der Waals surface area contributed by atoms with Crippen LogP contribution in [0.2, 0.25) is 0 Å². The summed E-state index contributed by atoms with van der Waals surface area (Å²) in [5.74, 6) is -0.538. The van der Waals surface area contributed by atoms with Crippen molar-refractivity contribution in [3.8, 4) is 11.3 Å². The molecule has 1 aromatic heterocycles. The summed E-state index contributed by atoms with van der Waals surface area (Å²) in [5, 5.41) is 0. The summed E-state index contributed by atoms with van der Waals surface area (Å²) >= 11 is 0. The lowest BCUT2D eigenvalue weighted by molar-refractivity contribution is -0.140. The number of rotatable bonds is 3. The first kappa shape index (κ1) is 15.1. The fourth-order valence-corrected chi connectivity index (χ4v) is 1.87. The van der Waals surface area contributed by atoms with Crippen molar-refractivity contribution >= 4 is 5.91 Å². The van der Waals surface area contributed by atoms with Gasteiger partial charge in [0.15, 0.2) is 0 Å². The molecular weight excluding hydrogens is 283 g/mol. The predicted octanol–water partition coefficient (Wildman–Crippen LogP) is 3.32. The average molecular weight is 297 g/mol. The number of carbonyl (C=O) groups excluding carboxylic acids is 1. The van der Waals surface area contributed by atoms with Crippen molar-refractivity contribution in [1.29, 1.82) is 0 Å².